The van der Waals surface area contributed by atoms with Gasteiger partial charge in [-0.25, -0.2) is 14.4 Å². The molecular weight excluding hydrogens is 428 g/mol. The van der Waals surface area contributed by atoms with E-state index in [4.69, 9.17) is 14.6 Å². The molecule has 0 spiro atoms. The van der Waals surface area contributed by atoms with Crippen LogP contribution >= 0.6 is 0 Å². The Morgan fingerprint density at radius 2 is 1.24 bits per heavy atom. The maximum atomic E-state index is 12.4. The first kappa shape index (κ1) is 22.8. The van der Waals surface area contributed by atoms with Crippen molar-refractivity contribution in [2.45, 2.75) is 0 Å². The fourth-order valence-corrected chi connectivity index (χ4v) is 2.61. The van der Waals surface area contributed by atoms with E-state index >= 15 is 0 Å². The quantitative estimate of drug-likeness (QED) is 0.282. The summed E-state index contributed by atoms with van der Waals surface area (Å²) in [6.07, 6.45) is 4.82. The maximum Gasteiger partial charge on any atom is 0.343 e. The predicted octanol–water partition coefficient (Wildman–Crippen LogP) is 4.03. The highest BCUT2D eigenvalue weighted by Gasteiger charge is 2.15. The Morgan fingerprint density at radius 3 is 1.88 bits per heavy atom. The van der Waals surface area contributed by atoms with Gasteiger partial charge >= 0.3 is 17.9 Å². The SMILES string of the molecule is O=C(O)C=Cc1ccc(OC(=O)c2ccc(O)cc2)c(OC(=O)C=Cc2ccc(O)cc2)c1. The molecule has 8 nitrogen and oxygen atoms in total. The minimum Gasteiger partial charge on any atom is -0.508 e. The van der Waals surface area contributed by atoms with E-state index in [1.807, 2.05) is 0 Å². The molecule has 0 saturated heterocycles. The number of aromatic hydroxyl groups is 2. The molecule has 0 amide bonds. The van der Waals surface area contributed by atoms with Crippen LogP contribution in [0.4, 0.5) is 0 Å². The Bertz CT molecular complexity index is 1220. The van der Waals surface area contributed by atoms with Gasteiger partial charge in [-0.2, -0.15) is 0 Å². The minimum absolute atomic E-state index is 0.0174. The van der Waals surface area contributed by atoms with Crippen LogP contribution in [0.3, 0.4) is 0 Å². The van der Waals surface area contributed by atoms with E-state index in [0.717, 1.165) is 12.2 Å². The molecule has 3 aromatic rings. The van der Waals surface area contributed by atoms with Crippen molar-refractivity contribution in [1.82, 2.24) is 0 Å². The molecule has 0 fully saturated rings. The van der Waals surface area contributed by atoms with Gasteiger partial charge in [0.25, 0.3) is 0 Å². The van der Waals surface area contributed by atoms with E-state index in [1.165, 1.54) is 66.7 Å². The monoisotopic (exact) mass is 446 g/mol. The number of carbonyl (C=O) groups is 3. The fraction of sp³-hybridized carbons (Fsp3) is 0. The molecule has 0 aliphatic carbocycles. The third-order valence-electron chi connectivity index (χ3n) is 4.21. The number of carboxylic acid groups (broad SMARTS) is 1. The number of carboxylic acids is 1. The van der Waals surface area contributed by atoms with Crippen LogP contribution in [-0.4, -0.2) is 33.2 Å². The smallest absolute Gasteiger partial charge is 0.343 e. The number of rotatable bonds is 7. The van der Waals surface area contributed by atoms with E-state index in [2.05, 4.69) is 0 Å². The Balaban J connectivity index is 1.83. The molecule has 0 atom stereocenters. The lowest BCUT2D eigenvalue weighted by Crippen LogP contribution is -2.11. The molecule has 0 heterocycles. The van der Waals surface area contributed by atoms with Crippen molar-refractivity contribution < 1.29 is 39.2 Å². The average Bonchev–Trinajstić information content (AvgIpc) is 2.79. The lowest BCUT2D eigenvalue weighted by atomic mass is 10.1. The molecular formula is C25H18O8. The molecule has 0 aliphatic rings. The third-order valence-corrected chi connectivity index (χ3v) is 4.21. The molecule has 0 aromatic heterocycles. The second kappa shape index (κ2) is 10.5. The molecule has 3 N–H and O–H groups in total. The number of benzene rings is 3. The summed E-state index contributed by atoms with van der Waals surface area (Å²) in [7, 11) is 0. The minimum atomic E-state index is -1.16. The zero-order chi connectivity index (χ0) is 23.8. The highest BCUT2D eigenvalue weighted by molar-refractivity contribution is 5.93. The van der Waals surface area contributed by atoms with Gasteiger partial charge in [0.05, 0.1) is 5.56 Å². The van der Waals surface area contributed by atoms with Gasteiger partial charge in [-0.15, -0.1) is 0 Å². The number of esters is 2. The fourth-order valence-electron chi connectivity index (χ4n) is 2.61. The van der Waals surface area contributed by atoms with E-state index < -0.39 is 17.9 Å². The summed E-state index contributed by atoms with van der Waals surface area (Å²) in [5, 5.41) is 27.5. The highest BCUT2D eigenvalue weighted by Crippen LogP contribution is 2.30. The first-order chi connectivity index (χ1) is 15.8. The molecule has 0 saturated carbocycles. The van der Waals surface area contributed by atoms with Crippen LogP contribution in [0.25, 0.3) is 12.2 Å². The molecule has 33 heavy (non-hydrogen) atoms. The number of phenols is 2. The zero-order valence-corrected chi connectivity index (χ0v) is 17.0. The summed E-state index contributed by atoms with van der Waals surface area (Å²) in [6, 6.07) is 15.7. The number of aliphatic carboxylic acids is 1. The van der Waals surface area contributed by atoms with E-state index in [0.29, 0.717) is 11.1 Å². The van der Waals surface area contributed by atoms with Crippen molar-refractivity contribution in [2.24, 2.45) is 0 Å². The van der Waals surface area contributed by atoms with Crippen LogP contribution in [0.15, 0.2) is 78.9 Å². The van der Waals surface area contributed by atoms with Crippen LogP contribution < -0.4 is 9.47 Å². The summed E-state index contributed by atoms with van der Waals surface area (Å²) in [5.74, 6) is -2.78. The van der Waals surface area contributed by atoms with E-state index in [-0.39, 0.29) is 28.6 Å². The highest BCUT2D eigenvalue weighted by atomic mass is 16.6. The molecule has 0 bridgehead atoms. The Morgan fingerprint density at radius 1 is 0.667 bits per heavy atom. The van der Waals surface area contributed by atoms with Crippen LogP contribution in [0.1, 0.15) is 21.5 Å². The molecule has 166 valence electrons. The largest absolute Gasteiger partial charge is 0.508 e. The van der Waals surface area contributed by atoms with Crippen molar-refractivity contribution in [3.63, 3.8) is 0 Å². The summed E-state index contributed by atoms with van der Waals surface area (Å²) < 4.78 is 10.7. The lowest BCUT2D eigenvalue weighted by molar-refractivity contribution is -0.131. The third kappa shape index (κ3) is 6.83. The summed E-state index contributed by atoms with van der Waals surface area (Å²) in [4.78, 5) is 35.6. The van der Waals surface area contributed by atoms with Crippen molar-refractivity contribution in [3.05, 3.63) is 95.6 Å². The van der Waals surface area contributed by atoms with Gasteiger partial charge in [0, 0.05) is 12.2 Å². The van der Waals surface area contributed by atoms with E-state index in [1.54, 1.807) is 12.1 Å². The van der Waals surface area contributed by atoms with Crippen LogP contribution in [0.2, 0.25) is 0 Å². The average molecular weight is 446 g/mol. The molecule has 0 aliphatic heterocycles. The molecule has 0 radical (unpaired) electrons. The summed E-state index contributed by atoms with van der Waals surface area (Å²) in [5.41, 5.74) is 1.20. The second-order valence-electron chi connectivity index (χ2n) is 6.66. The van der Waals surface area contributed by atoms with Gasteiger partial charge in [0.15, 0.2) is 11.5 Å². The topological polar surface area (TPSA) is 130 Å². The van der Waals surface area contributed by atoms with Gasteiger partial charge < -0.3 is 24.8 Å². The zero-order valence-electron chi connectivity index (χ0n) is 17.0. The van der Waals surface area contributed by atoms with Crippen LogP contribution in [0, 0.1) is 0 Å². The van der Waals surface area contributed by atoms with Crippen molar-refractivity contribution >= 4 is 30.1 Å². The normalized spacial score (nSPS) is 10.9. The maximum absolute atomic E-state index is 12.4. The first-order valence-corrected chi connectivity index (χ1v) is 9.55. The Hall–Kier alpha value is -4.85. The van der Waals surface area contributed by atoms with Crippen LogP contribution in [0.5, 0.6) is 23.0 Å². The molecule has 3 rings (SSSR count). The van der Waals surface area contributed by atoms with Gasteiger partial charge in [0.1, 0.15) is 11.5 Å². The number of carbonyl (C=O) groups excluding carboxylic acids is 2. The van der Waals surface area contributed by atoms with Gasteiger partial charge in [-0.05, 0) is 71.8 Å². The number of hydrogen-bond acceptors (Lipinski definition) is 7. The van der Waals surface area contributed by atoms with E-state index in [9.17, 15) is 24.6 Å². The van der Waals surface area contributed by atoms with Crippen LogP contribution in [-0.2, 0) is 9.59 Å². The summed E-state index contributed by atoms with van der Waals surface area (Å²) >= 11 is 0. The van der Waals surface area contributed by atoms with Crippen molar-refractivity contribution in [2.75, 3.05) is 0 Å². The molecule has 3 aromatic carbocycles. The number of phenolic OH excluding ortho intramolecular Hbond substituents is 2. The molecule has 8 heteroatoms. The second-order valence-corrected chi connectivity index (χ2v) is 6.66. The van der Waals surface area contributed by atoms with Gasteiger partial charge in [-0.3, -0.25) is 0 Å². The first-order valence-electron chi connectivity index (χ1n) is 9.55. The predicted molar refractivity (Wildman–Crippen MR) is 119 cm³/mol. The Labute approximate surface area is 188 Å². The standard InChI is InChI=1S/C25H18O8/c26-19-8-1-16(2-9-19)5-14-24(30)32-22-15-17(4-13-23(28)29)3-12-21(22)33-25(31)18-6-10-20(27)11-7-18/h1-15,26-27H,(H,28,29). The lowest BCUT2D eigenvalue weighted by Gasteiger charge is -2.11. The molecule has 0 unspecified atom stereocenters. The van der Waals surface area contributed by atoms with Crippen molar-refractivity contribution in [3.8, 4) is 23.0 Å². The number of hydrogen-bond donors (Lipinski definition) is 3. The summed E-state index contributed by atoms with van der Waals surface area (Å²) in [6.45, 7) is 0. The van der Waals surface area contributed by atoms with Gasteiger partial charge in [-0.1, -0.05) is 18.2 Å². The Kier molecular flexibility index (Phi) is 7.23. The van der Waals surface area contributed by atoms with Crippen molar-refractivity contribution in [1.29, 1.82) is 0 Å². The van der Waals surface area contributed by atoms with Gasteiger partial charge in [0.2, 0.25) is 0 Å². The number of ether oxygens (including phenoxy) is 2.